The molecule has 0 spiro atoms. The van der Waals surface area contributed by atoms with Crippen LogP contribution in [0.4, 0.5) is 0 Å². The van der Waals surface area contributed by atoms with Crippen molar-refractivity contribution in [1.29, 1.82) is 0 Å². The molecule has 0 amide bonds. The second kappa shape index (κ2) is 3.97. The first-order valence-electron chi connectivity index (χ1n) is 5.36. The summed E-state index contributed by atoms with van der Waals surface area (Å²) in [4.78, 5) is 2.56. The van der Waals surface area contributed by atoms with Gasteiger partial charge < -0.3 is 4.74 Å². The number of morpholine rings is 1. The standard InChI is InChI=1S/C11H23NO/c1-6-9(2)12-8-11(4,5)13-7-10(12)3/h9-10H,6-8H2,1-5H3/t9?,10-/m0/s1. The lowest BCUT2D eigenvalue weighted by Crippen LogP contribution is -2.55. The van der Waals surface area contributed by atoms with Crippen LogP contribution in [0.2, 0.25) is 0 Å². The molecule has 78 valence electrons. The molecule has 0 aromatic carbocycles. The molecule has 0 radical (unpaired) electrons. The van der Waals surface area contributed by atoms with E-state index in [1.807, 2.05) is 0 Å². The van der Waals surface area contributed by atoms with Gasteiger partial charge in [-0.25, -0.2) is 0 Å². The van der Waals surface area contributed by atoms with Gasteiger partial charge in [0.05, 0.1) is 12.2 Å². The summed E-state index contributed by atoms with van der Waals surface area (Å²) < 4.78 is 5.76. The SMILES string of the molecule is CCC(C)N1CC(C)(C)OC[C@@H]1C. The molecule has 1 aliphatic rings. The van der Waals surface area contributed by atoms with Crippen LogP contribution in [0.25, 0.3) is 0 Å². The molecule has 0 bridgehead atoms. The molecule has 0 saturated carbocycles. The molecule has 1 heterocycles. The maximum absolute atomic E-state index is 5.76. The van der Waals surface area contributed by atoms with E-state index in [-0.39, 0.29) is 5.60 Å². The molecule has 2 atom stereocenters. The average Bonchev–Trinajstić information content (AvgIpc) is 2.08. The van der Waals surface area contributed by atoms with Gasteiger partial charge in [0.1, 0.15) is 0 Å². The number of nitrogens with zero attached hydrogens (tertiary/aromatic N) is 1. The number of hydrogen-bond acceptors (Lipinski definition) is 2. The van der Waals surface area contributed by atoms with Crippen molar-refractivity contribution in [3.8, 4) is 0 Å². The Morgan fingerprint density at radius 1 is 1.54 bits per heavy atom. The van der Waals surface area contributed by atoms with Crippen molar-refractivity contribution in [1.82, 2.24) is 4.90 Å². The topological polar surface area (TPSA) is 12.5 Å². The zero-order valence-electron chi connectivity index (χ0n) is 9.63. The van der Waals surface area contributed by atoms with Gasteiger partial charge in [-0.1, -0.05) is 6.92 Å². The van der Waals surface area contributed by atoms with E-state index in [2.05, 4.69) is 39.5 Å². The highest BCUT2D eigenvalue weighted by atomic mass is 16.5. The Labute approximate surface area is 82.3 Å². The first-order valence-corrected chi connectivity index (χ1v) is 5.36. The molecule has 2 nitrogen and oxygen atoms in total. The Kier molecular flexibility index (Phi) is 3.36. The predicted molar refractivity (Wildman–Crippen MR) is 56.0 cm³/mol. The van der Waals surface area contributed by atoms with E-state index in [1.54, 1.807) is 0 Å². The van der Waals surface area contributed by atoms with Gasteiger partial charge in [-0.15, -0.1) is 0 Å². The van der Waals surface area contributed by atoms with Crippen LogP contribution in [0.5, 0.6) is 0 Å². The van der Waals surface area contributed by atoms with Crippen LogP contribution < -0.4 is 0 Å². The van der Waals surface area contributed by atoms with Gasteiger partial charge in [0.15, 0.2) is 0 Å². The van der Waals surface area contributed by atoms with Crippen LogP contribution in [0, 0.1) is 0 Å². The Hall–Kier alpha value is -0.0800. The monoisotopic (exact) mass is 185 g/mol. The van der Waals surface area contributed by atoms with Crippen molar-refractivity contribution >= 4 is 0 Å². The highest BCUT2D eigenvalue weighted by molar-refractivity contribution is 4.85. The highest BCUT2D eigenvalue weighted by Gasteiger charge is 2.33. The predicted octanol–water partition coefficient (Wildman–Crippen LogP) is 2.28. The number of rotatable bonds is 2. The fraction of sp³-hybridized carbons (Fsp3) is 1.00. The van der Waals surface area contributed by atoms with Crippen molar-refractivity contribution in [2.24, 2.45) is 0 Å². The van der Waals surface area contributed by atoms with Crippen molar-refractivity contribution in [2.45, 2.75) is 58.7 Å². The van der Waals surface area contributed by atoms with Gasteiger partial charge in [-0.2, -0.15) is 0 Å². The minimum Gasteiger partial charge on any atom is -0.373 e. The van der Waals surface area contributed by atoms with E-state index >= 15 is 0 Å². The molecule has 1 aliphatic heterocycles. The summed E-state index contributed by atoms with van der Waals surface area (Å²) in [6.07, 6.45) is 1.22. The Bertz CT molecular complexity index is 163. The lowest BCUT2D eigenvalue weighted by atomic mass is 10.0. The summed E-state index contributed by atoms with van der Waals surface area (Å²) >= 11 is 0. The van der Waals surface area contributed by atoms with Crippen LogP contribution in [-0.4, -0.2) is 35.7 Å². The molecular formula is C11H23NO. The van der Waals surface area contributed by atoms with Gasteiger partial charge in [0.25, 0.3) is 0 Å². The van der Waals surface area contributed by atoms with E-state index in [0.29, 0.717) is 12.1 Å². The smallest absolute Gasteiger partial charge is 0.0753 e. The Morgan fingerprint density at radius 3 is 2.69 bits per heavy atom. The molecule has 2 heteroatoms. The van der Waals surface area contributed by atoms with Crippen molar-refractivity contribution in [3.63, 3.8) is 0 Å². The third-order valence-electron chi connectivity index (χ3n) is 3.00. The molecule has 1 rings (SSSR count). The fourth-order valence-electron chi connectivity index (χ4n) is 1.91. The Morgan fingerprint density at radius 2 is 2.15 bits per heavy atom. The highest BCUT2D eigenvalue weighted by Crippen LogP contribution is 2.23. The normalized spacial score (nSPS) is 31.6. The van der Waals surface area contributed by atoms with E-state index in [0.717, 1.165) is 13.2 Å². The summed E-state index contributed by atoms with van der Waals surface area (Å²) in [6.45, 7) is 13.1. The van der Waals surface area contributed by atoms with Crippen LogP contribution in [-0.2, 0) is 4.74 Å². The molecule has 0 aromatic rings. The lowest BCUT2D eigenvalue weighted by molar-refractivity contribution is -0.120. The zero-order chi connectivity index (χ0) is 10.1. The molecule has 1 saturated heterocycles. The maximum Gasteiger partial charge on any atom is 0.0753 e. The molecule has 1 unspecified atom stereocenters. The van der Waals surface area contributed by atoms with Crippen molar-refractivity contribution in [3.05, 3.63) is 0 Å². The van der Waals surface area contributed by atoms with E-state index in [1.165, 1.54) is 6.42 Å². The van der Waals surface area contributed by atoms with Gasteiger partial charge >= 0.3 is 0 Å². The minimum absolute atomic E-state index is 0.0376. The average molecular weight is 185 g/mol. The minimum atomic E-state index is 0.0376. The summed E-state index contributed by atoms with van der Waals surface area (Å²) in [7, 11) is 0. The third kappa shape index (κ3) is 2.68. The van der Waals surface area contributed by atoms with E-state index in [4.69, 9.17) is 4.74 Å². The molecule has 0 aliphatic carbocycles. The van der Waals surface area contributed by atoms with Crippen LogP contribution in [0.1, 0.15) is 41.0 Å². The van der Waals surface area contributed by atoms with Gasteiger partial charge in [-0.05, 0) is 34.1 Å². The van der Waals surface area contributed by atoms with Gasteiger partial charge in [0.2, 0.25) is 0 Å². The van der Waals surface area contributed by atoms with Gasteiger partial charge in [0, 0.05) is 18.6 Å². The molecule has 0 aromatic heterocycles. The second-order valence-electron chi connectivity index (χ2n) is 4.85. The van der Waals surface area contributed by atoms with Gasteiger partial charge in [-0.3, -0.25) is 4.90 Å². The maximum atomic E-state index is 5.76. The molecule has 13 heavy (non-hydrogen) atoms. The third-order valence-corrected chi connectivity index (χ3v) is 3.00. The van der Waals surface area contributed by atoms with Crippen LogP contribution in [0.3, 0.4) is 0 Å². The quantitative estimate of drug-likeness (QED) is 0.654. The van der Waals surface area contributed by atoms with E-state index < -0.39 is 0 Å². The largest absolute Gasteiger partial charge is 0.373 e. The summed E-state index contributed by atoms with van der Waals surface area (Å²) in [5.41, 5.74) is 0.0376. The first kappa shape index (κ1) is 11.0. The van der Waals surface area contributed by atoms with Crippen LogP contribution in [0.15, 0.2) is 0 Å². The number of ether oxygens (including phenoxy) is 1. The zero-order valence-corrected chi connectivity index (χ0v) is 9.63. The first-order chi connectivity index (χ1) is 5.96. The van der Waals surface area contributed by atoms with E-state index in [9.17, 15) is 0 Å². The molecular weight excluding hydrogens is 162 g/mol. The van der Waals surface area contributed by atoms with Crippen molar-refractivity contribution < 1.29 is 4.74 Å². The number of hydrogen-bond donors (Lipinski definition) is 0. The summed E-state index contributed by atoms with van der Waals surface area (Å²) in [5.74, 6) is 0. The molecule has 1 fully saturated rings. The summed E-state index contributed by atoms with van der Waals surface area (Å²) in [6, 6.07) is 1.25. The Balaban J connectivity index is 2.60. The lowest BCUT2D eigenvalue weighted by Gasteiger charge is -2.45. The second-order valence-corrected chi connectivity index (χ2v) is 4.85. The molecule has 0 N–H and O–H groups in total. The van der Waals surface area contributed by atoms with Crippen molar-refractivity contribution in [2.75, 3.05) is 13.2 Å². The fourth-order valence-corrected chi connectivity index (χ4v) is 1.91. The van der Waals surface area contributed by atoms with Crippen LogP contribution >= 0.6 is 0 Å². The summed E-state index contributed by atoms with van der Waals surface area (Å²) in [5, 5.41) is 0.